The normalized spacial score (nSPS) is 29.5. The van der Waals surface area contributed by atoms with Crippen molar-refractivity contribution in [3.63, 3.8) is 0 Å². The summed E-state index contributed by atoms with van der Waals surface area (Å²) in [5.41, 5.74) is 5.48. The maximum Gasteiger partial charge on any atom is 0.307 e. The van der Waals surface area contributed by atoms with Gasteiger partial charge in [-0.1, -0.05) is 12.2 Å². The zero-order valence-electron chi connectivity index (χ0n) is 11.0. The molecule has 4 N–H and O–H groups in total. The van der Waals surface area contributed by atoms with Crippen LogP contribution in [0.1, 0.15) is 16.8 Å². The van der Waals surface area contributed by atoms with E-state index >= 15 is 0 Å². The van der Waals surface area contributed by atoms with E-state index in [1.54, 1.807) is 5.38 Å². The van der Waals surface area contributed by atoms with Crippen molar-refractivity contribution in [3.05, 3.63) is 29.2 Å². The summed E-state index contributed by atoms with van der Waals surface area (Å²) in [6, 6.07) is 1.54. The van der Waals surface area contributed by atoms with E-state index in [1.807, 2.05) is 12.2 Å². The zero-order chi connectivity index (χ0) is 15.1. The molecule has 2 bridgehead atoms. The Hall–Kier alpha value is -2.15. The molecule has 21 heavy (non-hydrogen) atoms. The summed E-state index contributed by atoms with van der Waals surface area (Å²) in [4.78, 5) is 35.1. The van der Waals surface area contributed by atoms with Crippen molar-refractivity contribution in [2.24, 2.45) is 29.4 Å². The fourth-order valence-corrected chi connectivity index (χ4v) is 4.11. The van der Waals surface area contributed by atoms with Crippen molar-refractivity contribution >= 4 is 34.1 Å². The predicted octanol–water partition coefficient (Wildman–Crippen LogP) is 1.31. The number of allylic oxidation sites excluding steroid dienone is 2. The summed E-state index contributed by atoms with van der Waals surface area (Å²) >= 11 is 1.20. The Morgan fingerprint density at radius 3 is 2.52 bits per heavy atom. The largest absolute Gasteiger partial charge is 0.481 e. The third kappa shape index (κ3) is 2.23. The first-order chi connectivity index (χ1) is 9.99. The number of hydrogen-bond donors (Lipinski definition) is 3. The number of primary amides is 1. The van der Waals surface area contributed by atoms with Crippen LogP contribution in [0.25, 0.3) is 0 Å². The van der Waals surface area contributed by atoms with E-state index in [-0.39, 0.29) is 23.3 Å². The zero-order valence-corrected chi connectivity index (χ0v) is 11.8. The van der Waals surface area contributed by atoms with Gasteiger partial charge in [-0.15, -0.1) is 11.3 Å². The average molecular weight is 306 g/mol. The Morgan fingerprint density at radius 2 is 1.90 bits per heavy atom. The van der Waals surface area contributed by atoms with Gasteiger partial charge in [0, 0.05) is 0 Å². The molecular formula is C14H14N2O4S. The number of anilines is 1. The van der Waals surface area contributed by atoms with Crippen LogP contribution in [0.5, 0.6) is 0 Å². The number of thiophene rings is 1. The molecule has 110 valence electrons. The number of nitrogens with one attached hydrogen (secondary N) is 1. The molecule has 1 heterocycles. The summed E-state index contributed by atoms with van der Waals surface area (Å²) in [5.74, 6) is -3.35. The van der Waals surface area contributed by atoms with Gasteiger partial charge in [0.1, 0.15) is 5.00 Å². The summed E-state index contributed by atoms with van der Waals surface area (Å²) in [5, 5.41) is 14.0. The molecule has 1 aromatic rings. The Balaban J connectivity index is 1.82. The number of rotatable bonds is 4. The number of carbonyl (C=O) groups excluding carboxylic acids is 2. The minimum absolute atomic E-state index is 0.0481. The van der Waals surface area contributed by atoms with Gasteiger partial charge in [0.05, 0.1) is 17.4 Å². The summed E-state index contributed by atoms with van der Waals surface area (Å²) < 4.78 is 0. The first-order valence-corrected chi connectivity index (χ1v) is 7.46. The fourth-order valence-electron chi connectivity index (χ4n) is 3.31. The van der Waals surface area contributed by atoms with Gasteiger partial charge < -0.3 is 16.2 Å². The lowest BCUT2D eigenvalue weighted by Gasteiger charge is -2.23. The number of aliphatic carboxylic acids is 1. The van der Waals surface area contributed by atoms with E-state index in [1.165, 1.54) is 17.4 Å². The third-order valence-corrected chi connectivity index (χ3v) is 5.04. The highest BCUT2D eigenvalue weighted by Crippen LogP contribution is 2.48. The topological polar surface area (TPSA) is 109 Å². The monoisotopic (exact) mass is 306 g/mol. The molecular weight excluding hydrogens is 292 g/mol. The minimum Gasteiger partial charge on any atom is -0.481 e. The lowest BCUT2D eigenvalue weighted by Crippen LogP contribution is -2.36. The van der Waals surface area contributed by atoms with Gasteiger partial charge in [0.2, 0.25) is 5.91 Å². The van der Waals surface area contributed by atoms with Gasteiger partial charge in [-0.25, -0.2) is 0 Å². The van der Waals surface area contributed by atoms with E-state index in [9.17, 15) is 19.5 Å². The van der Waals surface area contributed by atoms with Crippen molar-refractivity contribution in [3.8, 4) is 0 Å². The van der Waals surface area contributed by atoms with Crippen LogP contribution in [0.15, 0.2) is 23.6 Å². The van der Waals surface area contributed by atoms with Gasteiger partial charge in [0.15, 0.2) is 0 Å². The first kappa shape index (κ1) is 13.8. The quantitative estimate of drug-likeness (QED) is 0.728. The molecule has 0 radical (unpaired) electrons. The van der Waals surface area contributed by atoms with E-state index in [4.69, 9.17) is 5.73 Å². The second kappa shape index (κ2) is 5.00. The van der Waals surface area contributed by atoms with Crippen LogP contribution in [-0.4, -0.2) is 22.9 Å². The lowest BCUT2D eigenvalue weighted by atomic mass is 9.82. The van der Waals surface area contributed by atoms with Crippen molar-refractivity contribution in [1.82, 2.24) is 0 Å². The van der Waals surface area contributed by atoms with Crippen LogP contribution in [0, 0.1) is 23.7 Å². The highest BCUT2D eigenvalue weighted by Gasteiger charge is 2.51. The number of carbonyl (C=O) groups is 3. The van der Waals surface area contributed by atoms with Crippen LogP contribution in [0.3, 0.4) is 0 Å². The summed E-state index contributed by atoms with van der Waals surface area (Å²) in [7, 11) is 0. The fraction of sp³-hybridized carbons (Fsp3) is 0.357. The van der Waals surface area contributed by atoms with Crippen LogP contribution in [0.2, 0.25) is 0 Å². The number of nitrogens with two attached hydrogens (primary N) is 1. The van der Waals surface area contributed by atoms with Crippen LogP contribution < -0.4 is 11.1 Å². The number of hydrogen-bond acceptors (Lipinski definition) is 4. The van der Waals surface area contributed by atoms with E-state index in [0.29, 0.717) is 11.4 Å². The molecule has 1 aromatic heterocycles. The van der Waals surface area contributed by atoms with Gasteiger partial charge in [0.25, 0.3) is 5.91 Å². The molecule has 2 amide bonds. The maximum atomic E-state index is 12.4. The SMILES string of the molecule is NC(=O)c1ccsc1NC(=O)[C@H]1[C@@H](C(=O)O)[C@H]2C=C[C@H]1C2. The lowest BCUT2D eigenvalue weighted by molar-refractivity contribution is -0.146. The van der Waals surface area contributed by atoms with Crippen LogP contribution in [0.4, 0.5) is 5.00 Å². The number of fused-ring (bicyclic) bond motifs is 2. The van der Waals surface area contributed by atoms with E-state index in [2.05, 4.69) is 5.32 Å². The molecule has 3 rings (SSSR count). The molecule has 4 atom stereocenters. The number of carboxylic acids is 1. The van der Waals surface area contributed by atoms with E-state index < -0.39 is 23.7 Å². The Morgan fingerprint density at radius 1 is 1.24 bits per heavy atom. The molecule has 2 aliphatic carbocycles. The van der Waals surface area contributed by atoms with Crippen molar-refractivity contribution in [2.45, 2.75) is 6.42 Å². The molecule has 0 spiro atoms. The number of amides is 2. The minimum atomic E-state index is -0.951. The molecule has 6 nitrogen and oxygen atoms in total. The molecule has 0 aliphatic heterocycles. The molecule has 2 aliphatic rings. The molecule has 0 saturated heterocycles. The van der Waals surface area contributed by atoms with Crippen LogP contribution >= 0.6 is 11.3 Å². The summed E-state index contributed by atoms with van der Waals surface area (Å²) in [6.45, 7) is 0. The molecule has 1 fully saturated rings. The Labute approximate surface area is 124 Å². The van der Waals surface area contributed by atoms with Gasteiger partial charge in [-0.3, -0.25) is 14.4 Å². The highest BCUT2D eigenvalue weighted by atomic mass is 32.1. The molecule has 0 unspecified atom stereocenters. The Kier molecular flexibility index (Phi) is 3.29. The van der Waals surface area contributed by atoms with Crippen molar-refractivity contribution in [1.29, 1.82) is 0 Å². The maximum absolute atomic E-state index is 12.4. The summed E-state index contributed by atoms with van der Waals surface area (Å²) in [6.07, 6.45) is 4.49. The van der Waals surface area contributed by atoms with Gasteiger partial charge >= 0.3 is 5.97 Å². The van der Waals surface area contributed by atoms with E-state index in [0.717, 1.165) is 0 Å². The van der Waals surface area contributed by atoms with Crippen molar-refractivity contribution in [2.75, 3.05) is 5.32 Å². The van der Waals surface area contributed by atoms with Crippen molar-refractivity contribution < 1.29 is 19.5 Å². The second-order valence-electron chi connectivity index (χ2n) is 5.36. The standard InChI is InChI=1S/C14H14N2O4S/c15-11(17)8-3-4-21-13(8)16-12(18)9-6-1-2-7(5-6)10(9)14(19)20/h1-4,6-7,9-10H,5H2,(H2,15,17)(H,16,18)(H,19,20)/t6-,7-,9+,10-/m0/s1. The molecule has 0 aromatic carbocycles. The molecule has 1 saturated carbocycles. The Bertz CT molecular complexity index is 651. The molecule has 7 heteroatoms. The smallest absolute Gasteiger partial charge is 0.307 e. The average Bonchev–Trinajstić information content (AvgIpc) is 3.11. The second-order valence-corrected chi connectivity index (χ2v) is 6.27. The predicted molar refractivity (Wildman–Crippen MR) is 76.8 cm³/mol. The number of carboxylic acid groups (broad SMARTS) is 1. The highest BCUT2D eigenvalue weighted by molar-refractivity contribution is 7.14. The van der Waals surface area contributed by atoms with Crippen LogP contribution in [-0.2, 0) is 9.59 Å². The van der Waals surface area contributed by atoms with Gasteiger partial charge in [-0.05, 0) is 29.7 Å². The first-order valence-electron chi connectivity index (χ1n) is 6.58. The van der Waals surface area contributed by atoms with Gasteiger partial charge in [-0.2, -0.15) is 0 Å². The third-order valence-electron chi connectivity index (χ3n) is 4.21.